The van der Waals surface area contributed by atoms with E-state index in [2.05, 4.69) is 21.6 Å². The lowest BCUT2D eigenvalue weighted by Crippen LogP contribution is -2.04. The number of rotatable bonds is 5. The maximum atomic E-state index is 11.2. The summed E-state index contributed by atoms with van der Waals surface area (Å²) in [7, 11) is 0. The molecule has 0 aliphatic rings. The molecule has 24 heavy (non-hydrogen) atoms. The molecule has 5 heteroatoms. The van der Waals surface area contributed by atoms with Crippen molar-refractivity contribution in [3.05, 3.63) is 83.2 Å². The molecular formula is C19H15N3O2. The fourth-order valence-electron chi connectivity index (χ4n) is 1.85. The van der Waals surface area contributed by atoms with Crippen LogP contribution in [0.15, 0.2) is 65.3 Å². The molecule has 0 spiro atoms. The van der Waals surface area contributed by atoms with E-state index < -0.39 is 5.97 Å². The number of aryl methyl sites for hydroxylation is 1. The molecule has 0 amide bonds. The molecule has 2 rings (SSSR count). The van der Waals surface area contributed by atoms with Crippen LogP contribution in [0.4, 0.5) is 5.69 Å². The number of carbonyl (C=O) groups excluding carboxylic acids is 1. The van der Waals surface area contributed by atoms with Gasteiger partial charge in [-0.05, 0) is 41.8 Å². The number of ether oxygens (including phenoxy) is 1. The van der Waals surface area contributed by atoms with E-state index in [4.69, 9.17) is 11.3 Å². The van der Waals surface area contributed by atoms with Crippen molar-refractivity contribution in [1.82, 2.24) is 0 Å². The van der Waals surface area contributed by atoms with Crippen LogP contribution in [0, 0.1) is 13.5 Å². The van der Waals surface area contributed by atoms with E-state index in [0.717, 1.165) is 22.8 Å². The number of esters is 1. The van der Waals surface area contributed by atoms with Crippen LogP contribution in [-0.2, 0) is 4.79 Å². The van der Waals surface area contributed by atoms with Crippen LogP contribution in [0.2, 0.25) is 0 Å². The van der Waals surface area contributed by atoms with Gasteiger partial charge >= 0.3 is 5.97 Å². The number of hydrogen-bond donors (Lipinski definition) is 0. The van der Waals surface area contributed by atoms with Gasteiger partial charge in [0.2, 0.25) is 0 Å². The molecular weight excluding hydrogens is 302 g/mol. The zero-order valence-corrected chi connectivity index (χ0v) is 13.1. The maximum absolute atomic E-state index is 11.2. The van der Waals surface area contributed by atoms with Crippen LogP contribution in [0.3, 0.4) is 0 Å². The lowest BCUT2D eigenvalue weighted by Gasteiger charge is -2.05. The summed E-state index contributed by atoms with van der Waals surface area (Å²) in [6.45, 7) is 12.1. The van der Waals surface area contributed by atoms with Gasteiger partial charge in [-0.15, -0.1) is 0 Å². The molecule has 0 heterocycles. The van der Waals surface area contributed by atoms with Gasteiger partial charge in [0.05, 0.1) is 19.0 Å². The van der Waals surface area contributed by atoms with Crippen LogP contribution >= 0.6 is 0 Å². The highest BCUT2D eigenvalue weighted by Crippen LogP contribution is 2.18. The van der Waals surface area contributed by atoms with Gasteiger partial charge in [0.1, 0.15) is 5.75 Å². The Kier molecular flexibility index (Phi) is 5.76. The van der Waals surface area contributed by atoms with E-state index in [0.29, 0.717) is 11.4 Å². The van der Waals surface area contributed by atoms with Crippen molar-refractivity contribution >= 4 is 24.1 Å². The first-order valence-corrected chi connectivity index (χ1v) is 7.11. The average molecular weight is 317 g/mol. The minimum atomic E-state index is -0.492. The number of carbonyl (C=O) groups is 1. The molecule has 0 fully saturated rings. The van der Waals surface area contributed by atoms with E-state index in [-0.39, 0.29) is 0 Å². The minimum Gasteiger partial charge on any atom is -0.423 e. The van der Waals surface area contributed by atoms with Crippen molar-refractivity contribution < 1.29 is 9.53 Å². The van der Waals surface area contributed by atoms with Crippen molar-refractivity contribution in [2.24, 2.45) is 10.2 Å². The third-order valence-corrected chi connectivity index (χ3v) is 3.08. The Labute approximate surface area is 140 Å². The number of hydrogen-bond acceptors (Lipinski definition) is 4. The average Bonchev–Trinajstić information content (AvgIpc) is 2.61. The molecule has 0 bridgehead atoms. The summed E-state index contributed by atoms with van der Waals surface area (Å²) in [5, 5.41) is 7.96. The summed E-state index contributed by atoms with van der Waals surface area (Å²) in [5.41, 5.74) is 3.10. The molecule has 0 aromatic heterocycles. The highest BCUT2D eigenvalue weighted by molar-refractivity contribution is 5.85. The SMILES string of the molecule is [C-]#[N+]c1ccc(/C=N\N=C/c2ccc(OC(=O)C=C)c(C)c2)cc1. The van der Waals surface area contributed by atoms with Crippen molar-refractivity contribution in [2.45, 2.75) is 6.92 Å². The zero-order valence-electron chi connectivity index (χ0n) is 13.1. The zero-order chi connectivity index (χ0) is 17.4. The summed E-state index contributed by atoms with van der Waals surface area (Å²) in [5.74, 6) is -0.00574. The van der Waals surface area contributed by atoms with Crippen molar-refractivity contribution in [3.8, 4) is 5.75 Å². The summed E-state index contributed by atoms with van der Waals surface area (Å²) >= 11 is 0. The molecule has 118 valence electrons. The van der Waals surface area contributed by atoms with Gasteiger partial charge in [-0.3, -0.25) is 0 Å². The molecule has 0 atom stereocenters. The molecule has 0 saturated heterocycles. The topological polar surface area (TPSA) is 55.4 Å². The molecule has 0 saturated carbocycles. The molecule has 2 aromatic carbocycles. The fourth-order valence-corrected chi connectivity index (χ4v) is 1.85. The van der Waals surface area contributed by atoms with E-state index in [1.807, 2.05) is 13.0 Å². The Balaban J connectivity index is 2.02. The second-order valence-corrected chi connectivity index (χ2v) is 4.84. The molecule has 5 nitrogen and oxygen atoms in total. The lowest BCUT2D eigenvalue weighted by atomic mass is 10.1. The molecule has 0 aliphatic heterocycles. The van der Waals surface area contributed by atoms with Crippen LogP contribution in [0.25, 0.3) is 4.85 Å². The number of nitrogens with zero attached hydrogens (tertiary/aromatic N) is 3. The summed E-state index contributed by atoms with van der Waals surface area (Å²) in [6, 6.07) is 12.4. The standard InChI is InChI=1S/C19H15N3O2/c1-4-19(23)24-18-10-7-16(11-14(18)2)13-22-21-12-15-5-8-17(20-3)9-6-15/h4-13H,1H2,2H3/b21-12-,22-13-. The Morgan fingerprint density at radius 1 is 1.12 bits per heavy atom. The van der Waals surface area contributed by atoms with Crippen molar-refractivity contribution in [1.29, 1.82) is 0 Å². The highest BCUT2D eigenvalue weighted by Gasteiger charge is 2.03. The molecule has 2 aromatic rings. The normalized spacial score (nSPS) is 10.7. The second-order valence-electron chi connectivity index (χ2n) is 4.84. The van der Waals surface area contributed by atoms with Gasteiger partial charge in [0.15, 0.2) is 5.69 Å². The van der Waals surface area contributed by atoms with E-state index in [1.54, 1.807) is 48.8 Å². The summed E-state index contributed by atoms with van der Waals surface area (Å²) in [6.07, 6.45) is 4.33. The largest absolute Gasteiger partial charge is 0.423 e. The third kappa shape index (κ3) is 4.75. The monoisotopic (exact) mass is 317 g/mol. The molecule has 0 unspecified atom stereocenters. The van der Waals surface area contributed by atoms with Gasteiger partial charge in [0.25, 0.3) is 0 Å². The second kappa shape index (κ2) is 8.20. The van der Waals surface area contributed by atoms with Crippen LogP contribution in [0.5, 0.6) is 5.75 Å². The first-order valence-electron chi connectivity index (χ1n) is 7.11. The quantitative estimate of drug-likeness (QED) is 0.208. The number of benzene rings is 2. The first-order chi connectivity index (χ1) is 11.6. The minimum absolute atomic E-state index is 0.487. The third-order valence-electron chi connectivity index (χ3n) is 3.08. The van der Waals surface area contributed by atoms with E-state index in [1.165, 1.54) is 0 Å². The predicted molar refractivity (Wildman–Crippen MR) is 94.9 cm³/mol. The smallest absolute Gasteiger partial charge is 0.335 e. The van der Waals surface area contributed by atoms with E-state index >= 15 is 0 Å². The van der Waals surface area contributed by atoms with Gasteiger partial charge in [-0.2, -0.15) is 10.2 Å². The van der Waals surface area contributed by atoms with Gasteiger partial charge in [-0.25, -0.2) is 9.64 Å². The van der Waals surface area contributed by atoms with Gasteiger partial charge < -0.3 is 4.74 Å². The molecule has 0 aliphatic carbocycles. The Morgan fingerprint density at radius 3 is 2.33 bits per heavy atom. The first kappa shape index (κ1) is 16.8. The van der Waals surface area contributed by atoms with Crippen molar-refractivity contribution in [2.75, 3.05) is 0 Å². The highest BCUT2D eigenvalue weighted by atomic mass is 16.5. The molecule has 0 radical (unpaired) electrons. The Hall–Kier alpha value is -3.52. The van der Waals surface area contributed by atoms with E-state index in [9.17, 15) is 4.79 Å². The summed E-state index contributed by atoms with van der Waals surface area (Å²) in [4.78, 5) is 14.5. The molecule has 0 N–H and O–H groups in total. The lowest BCUT2D eigenvalue weighted by molar-refractivity contribution is -0.129. The van der Waals surface area contributed by atoms with Gasteiger partial charge in [0, 0.05) is 6.08 Å². The van der Waals surface area contributed by atoms with Crippen LogP contribution < -0.4 is 4.74 Å². The van der Waals surface area contributed by atoms with Crippen LogP contribution in [-0.4, -0.2) is 18.4 Å². The fraction of sp³-hybridized carbons (Fsp3) is 0.0526. The predicted octanol–water partition coefficient (Wildman–Crippen LogP) is 4.09. The van der Waals surface area contributed by atoms with Crippen LogP contribution in [0.1, 0.15) is 16.7 Å². The van der Waals surface area contributed by atoms with Gasteiger partial charge in [-0.1, -0.05) is 30.8 Å². The van der Waals surface area contributed by atoms with Crippen molar-refractivity contribution in [3.63, 3.8) is 0 Å². The Morgan fingerprint density at radius 2 is 1.75 bits per heavy atom. The maximum Gasteiger partial charge on any atom is 0.335 e. The Bertz CT molecular complexity index is 844. The summed E-state index contributed by atoms with van der Waals surface area (Å²) < 4.78 is 5.10.